The minimum Gasteiger partial charge on any atom is -0.381 e. The summed E-state index contributed by atoms with van der Waals surface area (Å²) in [5, 5.41) is 7.38. The predicted molar refractivity (Wildman–Crippen MR) is 225 cm³/mol. The van der Waals surface area contributed by atoms with Gasteiger partial charge in [-0.2, -0.15) is 0 Å². The van der Waals surface area contributed by atoms with Crippen LogP contribution in [0.5, 0.6) is 0 Å². The third-order valence-electron chi connectivity index (χ3n) is 9.66. The van der Waals surface area contributed by atoms with Gasteiger partial charge in [-0.3, -0.25) is 9.69 Å². The van der Waals surface area contributed by atoms with Gasteiger partial charge < -0.3 is 15.5 Å². The molecule has 6 rings (SSSR count). The van der Waals surface area contributed by atoms with Crippen LogP contribution in [0.4, 0.5) is 15.8 Å². The van der Waals surface area contributed by atoms with Gasteiger partial charge in [0.2, 0.25) is 0 Å². The monoisotopic (exact) mass is 799 g/mol. The number of rotatable bonds is 17. The summed E-state index contributed by atoms with van der Waals surface area (Å²) >= 11 is 7.84. The van der Waals surface area contributed by atoms with E-state index in [1.54, 1.807) is 36.0 Å². The van der Waals surface area contributed by atoms with E-state index in [0.29, 0.717) is 13.1 Å². The molecule has 3 N–H and O–H groups in total. The number of aryl methyl sites for hydroxylation is 1. The van der Waals surface area contributed by atoms with Gasteiger partial charge in [0, 0.05) is 77.9 Å². The first-order valence-corrected chi connectivity index (χ1v) is 21.3. The smallest absolute Gasteiger partial charge is 0.264 e. The fraction of sp³-hybridized carbons (Fsp3) is 0.279. The Labute approximate surface area is 333 Å². The van der Waals surface area contributed by atoms with Crippen molar-refractivity contribution in [3.8, 4) is 11.1 Å². The number of benzene rings is 5. The van der Waals surface area contributed by atoms with Gasteiger partial charge in [0.15, 0.2) is 0 Å². The average Bonchev–Trinajstić information content (AvgIpc) is 3.20. The molecular formula is C43H47ClFN5O3S2. The lowest BCUT2D eigenvalue weighted by molar-refractivity contribution is 0.0981. The van der Waals surface area contributed by atoms with Crippen LogP contribution in [-0.2, 0) is 16.6 Å². The average molecular weight is 800 g/mol. The van der Waals surface area contributed by atoms with Gasteiger partial charge in [-0.15, -0.1) is 11.8 Å². The van der Waals surface area contributed by atoms with Crippen molar-refractivity contribution < 1.29 is 17.6 Å². The number of thioether (sulfide) groups is 1. The van der Waals surface area contributed by atoms with Crippen LogP contribution >= 0.6 is 23.4 Å². The molecule has 0 saturated carbocycles. The van der Waals surface area contributed by atoms with E-state index in [1.165, 1.54) is 17.2 Å². The van der Waals surface area contributed by atoms with Crippen molar-refractivity contribution in [2.75, 3.05) is 61.9 Å². The van der Waals surface area contributed by atoms with Gasteiger partial charge >= 0.3 is 0 Å². The van der Waals surface area contributed by atoms with Crippen molar-refractivity contribution in [1.29, 1.82) is 0 Å². The van der Waals surface area contributed by atoms with E-state index in [1.807, 2.05) is 49.4 Å². The highest BCUT2D eigenvalue weighted by molar-refractivity contribution is 7.99. The molecule has 1 fully saturated rings. The summed E-state index contributed by atoms with van der Waals surface area (Å²) in [5.74, 6) is 0.0848. The Balaban J connectivity index is 1.02. The van der Waals surface area contributed by atoms with E-state index in [0.717, 1.165) is 77.3 Å². The quantitative estimate of drug-likeness (QED) is 0.0640. The van der Waals surface area contributed by atoms with E-state index in [4.69, 9.17) is 11.6 Å². The molecule has 8 nitrogen and oxygen atoms in total. The molecule has 0 bridgehead atoms. The molecule has 0 aromatic heterocycles. The van der Waals surface area contributed by atoms with Crippen LogP contribution in [-0.4, -0.2) is 77.0 Å². The van der Waals surface area contributed by atoms with Gasteiger partial charge in [-0.1, -0.05) is 66.2 Å². The fourth-order valence-electron chi connectivity index (χ4n) is 6.60. The molecule has 5 aromatic rings. The zero-order valence-electron chi connectivity index (χ0n) is 30.9. The molecule has 288 valence electrons. The number of piperazine rings is 1. The molecule has 1 atom stereocenters. The molecule has 1 aliphatic heterocycles. The lowest BCUT2D eigenvalue weighted by Crippen LogP contribution is -2.46. The Morgan fingerprint density at radius 3 is 2.27 bits per heavy atom. The standard InChI is InChI=1S/C43H47ClFN5O3S2/c1-32-29-40(19-20-42(32)47-37(21-23-46-24-22-45)31-54-39-8-3-2-4-9-39)55(52,53)48-43(51)34-13-17-38(18-14-34)50-27-25-49(26-28-50)30-35-7-5-6-10-41(35)33-11-15-36(44)16-12-33/h2-20,29,37,46-47H,21-28,30-31H2,1H3,(H,48,51)/t37-/m1/s1. The summed E-state index contributed by atoms with van der Waals surface area (Å²) in [6.07, 6.45) is 0.755. The molecule has 12 heteroatoms. The first kappa shape index (κ1) is 40.3. The van der Waals surface area contributed by atoms with Crippen molar-refractivity contribution in [3.63, 3.8) is 0 Å². The van der Waals surface area contributed by atoms with E-state index in [-0.39, 0.29) is 16.5 Å². The first-order chi connectivity index (χ1) is 26.7. The largest absolute Gasteiger partial charge is 0.381 e. The number of hydrogen-bond donors (Lipinski definition) is 3. The maximum absolute atomic E-state index is 13.3. The van der Waals surface area contributed by atoms with Crippen LogP contribution in [0.25, 0.3) is 11.1 Å². The van der Waals surface area contributed by atoms with Gasteiger partial charge in [-0.05, 0) is 109 Å². The molecular weight excluding hydrogens is 753 g/mol. The molecule has 1 amide bonds. The predicted octanol–water partition coefficient (Wildman–Crippen LogP) is 8.28. The van der Waals surface area contributed by atoms with Crippen LogP contribution in [0.2, 0.25) is 5.02 Å². The lowest BCUT2D eigenvalue weighted by atomic mass is 9.99. The number of halogens is 2. The van der Waals surface area contributed by atoms with Crippen molar-refractivity contribution >= 4 is 50.7 Å². The number of amides is 1. The Morgan fingerprint density at radius 1 is 0.855 bits per heavy atom. The summed E-state index contributed by atoms with van der Waals surface area (Å²) in [5.41, 5.74) is 6.40. The number of nitrogens with one attached hydrogen (secondary N) is 3. The number of carbonyl (C=O) groups is 1. The van der Waals surface area contributed by atoms with Crippen LogP contribution < -0.4 is 20.3 Å². The maximum atomic E-state index is 13.3. The fourth-order valence-corrected chi connectivity index (χ4v) is 8.78. The lowest BCUT2D eigenvalue weighted by Gasteiger charge is -2.36. The molecule has 1 heterocycles. The van der Waals surface area contributed by atoms with E-state index in [9.17, 15) is 17.6 Å². The molecule has 1 aliphatic rings. The highest BCUT2D eigenvalue weighted by Gasteiger charge is 2.22. The molecule has 0 unspecified atom stereocenters. The van der Waals surface area contributed by atoms with Crippen LogP contribution in [0, 0.1) is 6.92 Å². The van der Waals surface area contributed by atoms with E-state index >= 15 is 0 Å². The van der Waals surface area contributed by atoms with Crippen LogP contribution in [0.1, 0.15) is 27.9 Å². The van der Waals surface area contributed by atoms with Crippen LogP contribution in [0.3, 0.4) is 0 Å². The second-order valence-electron chi connectivity index (χ2n) is 13.6. The second kappa shape index (κ2) is 19.5. The van der Waals surface area contributed by atoms with E-state index < -0.39 is 22.6 Å². The van der Waals surface area contributed by atoms with Gasteiger partial charge in [-0.25, -0.2) is 17.5 Å². The molecule has 0 aliphatic carbocycles. The number of hydrogen-bond acceptors (Lipinski definition) is 8. The Morgan fingerprint density at radius 2 is 1.56 bits per heavy atom. The first-order valence-electron chi connectivity index (χ1n) is 18.5. The minimum absolute atomic E-state index is 0.00834. The Kier molecular flexibility index (Phi) is 14.3. The second-order valence-corrected chi connectivity index (χ2v) is 16.8. The molecule has 5 aromatic carbocycles. The normalized spacial score (nSPS) is 14.1. The molecule has 1 saturated heterocycles. The van der Waals surface area contributed by atoms with Crippen molar-refractivity contribution in [1.82, 2.24) is 14.9 Å². The summed E-state index contributed by atoms with van der Waals surface area (Å²) in [6, 6.07) is 38.5. The highest BCUT2D eigenvalue weighted by atomic mass is 35.5. The number of carbonyl (C=O) groups excluding carboxylic acids is 1. The number of anilines is 2. The number of alkyl halides is 1. The highest BCUT2D eigenvalue weighted by Crippen LogP contribution is 2.28. The summed E-state index contributed by atoms with van der Waals surface area (Å²) in [6.45, 7) is 6.64. The van der Waals surface area contributed by atoms with Crippen molar-refractivity contribution in [2.45, 2.75) is 35.7 Å². The van der Waals surface area contributed by atoms with Crippen molar-refractivity contribution in [3.05, 3.63) is 143 Å². The molecule has 55 heavy (non-hydrogen) atoms. The molecule has 0 spiro atoms. The summed E-state index contributed by atoms with van der Waals surface area (Å²) < 4.78 is 41.6. The number of nitrogens with zero attached hydrogens (tertiary/aromatic N) is 2. The SMILES string of the molecule is Cc1cc(S(=O)(=O)NC(=O)c2ccc(N3CCN(Cc4ccccc4-c4ccc(Cl)cc4)CC3)cc2)ccc1N[C@H](CCNCCF)CSc1ccccc1. The maximum Gasteiger partial charge on any atom is 0.264 e. The van der Waals surface area contributed by atoms with E-state index in [2.05, 4.69) is 73.7 Å². The van der Waals surface area contributed by atoms with Crippen LogP contribution in [0.15, 0.2) is 131 Å². The third-order valence-corrected chi connectivity index (χ3v) is 12.4. The van der Waals surface area contributed by atoms with Gasteiger partial charge in [0.05, 0.1) is 4.90 Å². The van der Waals surface area contributed by atoms with Crippen molar-refractivity contribution in [2.24, 2.45) is 0 Å². The summed E-state index contributed by atoms with van der Waals surface area (Å²) in [7, 11) is -4.13. The molecule has 0 radical (unpaired) electrons. The van der Waals surface area contributed by atoms with Gasteiger partial charge in [0.25, 0.3) is 15.9 Å². The zero-order chi connectivity index (χ0) is 38.6. The Bertz CT molecular complexity index is 2120. The topological polar surface area (TPSA) is 93.8 Å². The summed E-state index contributed by atoms with van der Waals surface area (Å²) in [4.78, 5) is 19.0. The minimum atomic E-state index is -4.13. The zero-order valence-corrected chi connectivity index (χ0v) is 33.3. The number of sulfonamides is 1. The third kappa shape index (κ3) is 11.3. The Hall–Kier alpha value is -4.39. The van der Waals surface area contributed by atoms with Gasteiger partial charge in [0.1, 0.15) is 6.67 Å².